The third-order valence-corrected chi connectivity index (χ3v) is 5.39. The minimum atomic E-state index is -1.47. The molecule has 2 aromatic heterocycles. The third-order valence-electron chi connectivity index (χ3n) is 4.38. The van der Waals surface area contributed by atoms with Crippen LogP contribution in [0, 0.1) is 17.5 Å². The third kappa shape index (κ3) is 3.98. The van der Waals surface area contributed by atoms with Crippen LogP contribution in [0.3, 0.4) is 0 Å². The molecule has 0 radical (unpaired) electrons. The van der Waals surface area contributed by atoms with Gasteiger partial charge in [0, 0.05) is 16.6 Å². The Kier molecular flexibility index (Phi) is 6.09. The Balaban J connectivity index is 1.89. The van der Waals surface area contributed by atoms with Crippen LogP contribution in [0.2, 0.25) is 0 Å². The van der Waals surface area contributed by atoms with Gasteiger partial charge < -0.3 is 0 Å². The molecule has 2 heterocycles. The van der Waals surface area contributed by atoms with Crippen LogP contribution in [0.1, 0.15) is 38.2 Å². The second-order valence-corrected chi connectivity index (χ2v) is 7.15. The lowest BCUT2D eigenvalue weighted by atomic mass is 10.0. The number of hydrogen-bond acceptors (Lipinski definition) is 2. The van der Waals surface area contributed by atoms with Crippen LogP contribution in [0.15, 0.2) is 41.9 Å². The number of thiophene rings is 1. The molecule has 0 bridgehead atoms. The van der Waals surface area contributed by atoms with Crippen molar-refractivity contribution in [1.82, 2.24) is 4.98 Å². The lowest BCUT2D eigenvalue weighted by Crippen LogP contribution is -1.95. The molecule has 0 saturated heterocycles. The zero-order valence-corrected chi connectivity index (χ0v) is 15.4. The molecule has 3 aromatic rings. The fraction of sp³-hybridized carbons (Fsp3) is 0.286. The average molecular weight is 375 g/mol. The van der Waals surface area contributed by atoms with Crippen LogP contribution in [-0.4, -0.2) is 4.98 Å². The Bertz CT molecular complexity index is 889. The normalized spacial score (nSPS) is 11.1. The summed E-state index contributed by atoms with van der Waals surface area (Å²) < 4.78 is 40.8. The summed E-state index contributed by atoms with van der Waals surface area (Å²) in [6, 6.07) is 7.86. The van der Waals surface area contributed by atoms with Gasteiger partial charge in [-0.2, -0.15) is 0 Å². The van der Waals surface area contributed by atoms with Crippen molar-refractivity contribution < 1.29 is 13.2 Å². The highest BCUT2D eigenvalue weighted by Crippen LogP contribution is 2.33. The van der Waals surface area contributed by atoms with Gasteiger partial charge >= 0.3 is 0 Å². The smallest absolute Gasteiger partial charge is 0.195 e. The van der Waals surface area contributed by atoms with E-state index in [1.165, 1.54) is 30.9 Å². The van der Waals surface area contributed by atoms with Crippen LogP contribution in [-0.2, 0) is 6.42 Å². The van der Waals surface area contributed by atoms with Crippen molar-refractivity contribution in [1.29, 1.82) is 0 Å². The summed E-state index contributed by atoms with van der Waals surface area (Å²) in [4.78, 5) is 5.26. The van der Waals surface area contributed by atoms with E-state index in [1.54, 1.807) is 23.6 Å². The van der Waals surface area contributed by atoms with E-state index in [2.05, 4.69) is 18.0 Å². The molecule has 0 aliphatic heterocycles. The predicted molar refractivity (Wildman–Crippen MR) is 101 cm³/mol. The second-order valence-electron chi connectivity index (χ2n) is 6.24. The fourth-order valence-corrected chi connectivity index (χ4v) is 3.92. The molecule has 0 saturated carbocycles. The lowest BCUT2D eigenvalue weighted by molar-refractivity contribution is 0.449. The molecule has 0 fully saturated rings. The summed E-state index contributed by atoms with van der Waals surface area (Å²) in [5.41, 5.74) is 2.43. The number of unbranched alkanes of at least 4 members (excludes halogenated alkanes) is 3. The monoisotopic (exact) mass is 375 g/mol. The number of halogens is 3. The van der Waals surface area contributed by atoms with Gasteiger partial charge in [-0.25, -0.2) is 13.2 Å². The molecule has 0 N–H and O–H groups in total. The van der Waals surface area contributed by atoms with Crippen LogP contribution in [0.5, 0.6) is 0 Å². The van der Waals surface area contributed by atoms with E-state index in [-0.39, 0.29) is 5.56 Å². The number of nitrogens with zero attached hydrogens (tertiary/aromatic N) is 1. The van der Waals surface area contributed by atoms with Crippen LogP contribution in [0.25, 0.3) is 21.7 Å². The predicted octanol–water partition coefficient (Wildman–Crippen LogP) is 7.02. The minimum absolute atomic E-state index is 0.0354. The largest absolute Gasteiger partial charge is 0.256 e. The quantitative estimate of drug-likeness (QED) is 0.319. The van der Waals surface area contributed by atoms with E-state index in [0.29, 0.717) is 5.69 Å². The number of rotatable bonds is 7. The molecule has 0 aliphatic carbocycles. The maximum atomic E-state index is 14.1. The van der Waals surface area contributed by atoms with Crippen molar-refractivity contribution in [2.45, 2.75) is 39.0 Å². The van der Waals surface area contributed by atoms with Gasteiger partial charge in [0.05, 0.1) is 5.69 Å². The number of aryl methyl sites for hydroxylation is 1. The van der Waals surface area contributed by atoms with E-state index in [4.69, 9.17) is 0 Å². The second kappa shape index (κ2) is 8.49. The topological polar surface area (TPSA) is 12.9 Å². The van der Waals surface area contributed by atoms with Gasteiger partial charge in [0.2, 0.25) is 0 Å². The van der Waals surface area contributed by atoms with Crippen molar-refractivity contribution in [2.24, 2.45) is 0 Å². The van der Waals surface area contributed by atoms with Gasteiger partial charge in [-0.3, -0.25) is 4.98 Å². The van der Waals surface area contributed by atoms with Gasteiger partial charge in [0.15, 0.2) is 17.5 Å². The number of hydrogen-bond donors (Lipinski definition) is 0. The minimum Gasteiger partial charge on any atom is -0.256 e. The zero-order valence-electron chi connectivity index (χ0n) is 14.6. The Morgan fingerprint density at radius 2 is 1.81 bits per heavy atom. The molecule has 3 rings (SSSR count). The van der Waals surface area contributed by atoms with Crippen molar-refractivity contribution in [3.8, 4) is 21.7 Å². The summed E-state index contributed by atoms with van der Waals surface area (Å²) in [5.74, 6) is -3.88. The molecule has 0 atom stereocenters. The van der Waals surface area contributed by atoms with Gasteiger partial charge in [0.1, 0.15) is 0 Å². The number of benzene rings is 1. The Labute approximate surface area is 155 Å². The van der Waals surface area contributed by atoms with Crippen molar-refractivity contribution in [3.05, 3.63) is 64.9 Å². The van der Waals surface area contributed by atoms with E-state index < -0.39 is 17.5 Å². The first-order valence-corrected chi connectivity index (χ1v) is 9.66. The molecule has 5 heteroatoms. The summed E-state index contributed by atoms with van der Waals surface area (Å²) in [7, 11) is 0. The molecule has 1 nitrogen and oxygen atoms in total. The van der Waals surface area contributed by atoms with Crippen molar-refractivity contribution in [2.75, 3.05) is 0 Å². The van der Waals surface area contributed by atoms with E-state index in [1.807, 2.05) is 11.4 Å². The lowest BCUT2D eigenvalue weighted by Gasteiger charge is -2.08. The molecule has 136 valence electrons. The van der Waals surface area contributed by atoms with Crippen LogP contribution >= 0.6 is 11.3 Å². The first-order valence-electron chi connectivity index (χ1n) is 8.78. The van der Waals surface area contributed by atoms with Crippen molar-refractivity contribution in [3.63, 3.8) is 0 Å². The van der Waals surface area contributed by atoms with E-state index in [0.717, 1.165) is 29.3 Å². The molecule has 0 amide bonds. The molecule has 0 aliphatic rings. The SMILES string of the molecule is CCCCCCc1ccsc1-c1ccnc(-c2ccc(F)c(F)c2F)c1. The summed E-state index contributed by atoms with van der Waals surface area (Å²) in [6.45, 7) is 2.19. The Morgan fingerprint density at radius 3 is 2.62 bits per heavy atom. The van der Waals surface area contributed by atoms with Gasteiger partial charge in [-0.05, 0) is 59.7 Å². The van der Waals surface area contributed by atoms with E-state index in [9.17, 15) is 13.2 Å². The molecule has 0 spiro atoms. The van der Waals surface area contributed by atoms with Gasteiger partial charge in [-0.15, -0.1) is 11.3 Å². The molecular formula is C21H20F3NS. The first kappa shape index (κ1) is 18.6. The highest BCUT2D eigenvalue weighted by atomic mass is 32.1. The van der Waals surface area contributed by atoms with Crippen LogP contribution < -0.4 is 0 Å². The Morgan fingerprint density at radius 1 is 0.962 bits per heavy atom. The van der Waals surface area contributed by atoms with Crippen LogP contribution in [0.4, 0.5) is 13.2 Å². The Hall–Kier alpha value is -2.14. The molecule has 0 unspecified atom stereocenters. The average Bonchev–Trinajstić information content (AvgIpc) is 3.12. The van der Waals surface area contributed by atoms with Gasteiger partial charge in [0.25, 0.3) is 0 Å². The molecule has 1 aromatic carbocycles. The zero-order chi connectivity index (χ0) is 18.5. The summed E-state index contributed by atoms with van der Waals surface area (Å²) >= 11 is 1.62. The standard InChI is InChI=1S/C21H20F3NS/c1-2-3-4-5-6-14-10-12-26-21(14)15-9-11-25-18(13-15)16-7-8-17(22)20(24)19(16)23/h7-13H,2-6H2,1H3. The number of aromatic nitrogens is 1. The highest BCUT2D eigenvalue weighted by molar-refractivity contribution is 7.13. The fourth-order valence-electron chi connectivity index (χ4n) is 2.97. The molecule has 26 heavy (non-hydrogen) atoms. The maximum Gasteiger partial charge on any atom is 0.195 e. The highest BCUT2D eigenvalue weighted by Gasteiger charge is 2.16. The van der Waals surface area contributed by atoms with E-state index >= 15 is 0 Å². The summed E-state index contributed by atoms with van der Waals surface area (Å²) in [5, 5.41) is 2.04. The van der Waals surface area contributed by atoms with Gasteiger partial charge in [-0.1, -0.05) is 26.2 Å². The first-order chi connectivity index (χ1) is 12.6. The molecular weight excluding hydrogens is 355 g/mol. The maximum absolute atomic E-state index is 14.1. The number of pyridine rings is 1. The van der Waals surface area contributed by atoms with Crippen molar-refractivity contribution >= 4 is 11.3 Å². The summed E-state index contributed by atoms with van der Waals surface area (Å²) in [6.07, 6.45) is 7.33.